The minimum atomic E-state index is 0.166. The first-order valence-electron chi connectivity index (χ1n) is 4.42. The van der Waals surface area contributed by atoms with Gasteiger partial charge in [-0.1, -0.05) is 27.5 Å². The lowest BCUT2D eigenvalue weighted by molar-refractivity contribution is 0.570. The summed E-state index contributed by atoms with van der Waals surface area (Å²) in [6.07, 6.45) is 3.28. The molecule has 1 nitrogen and oxygen atoms in total. The summed E-state index contributed by atoms with van der Waals surface area (Å²) in [7, 11) is 0. The molecular formula is C10H11BrClN. The lowest BCUT2D eigenvalue weighted by Gasteiger charge is -2.23. The van der Waals surface area contributed by atoms with Crippen molar-refractivity contribution in [2.24, 2.45) is 5.73 Å². The summed E-state index contributed by atoms with van der Waals surface area (Å²) in [5.41, 5.74) is 8.46. The van der Waals surface area contributed by atoms with Gasteiger partial charge in [-0.3, -0.25) is 0 Å². The third-order valence-corrected chi connectivity index (χ3v) is 3.33. The number of hydrogen-bond acceptors (Lipinski definition) is 1. The SMILES string of the molecule is NC1CCCc2c(Cl)cc(Br)cc21. The van der Waals surface area contributed by atoms with Crippen LogP contribution in [-0.4, -0.2) is 0 Å². The number of nitrogens with two attached hydrogens (primary N) is 1. The number of fused-ring (bicyclic) bond motifs is 1. The van der Waals surface area contributed by atoms with E-state index in [2.05, 4.69) is 22.0 Å². The van der Waals surface area contributed by atoms with E-state index >= 15 is 0 Å². The average Bonchev–Trinajstić information content (AvgIpc) is 2.07. The standard InChI is InChI=1S/C10H11BrClN/c11-6-4-8-7(9(12)5-6)2-1-3-10(8)13/h4-5,10H,1-3,13H2. The van der Waals surface area contributed by atoms with Crippen molar-refractivity contribution in [3.05, 3.63) is 32.8 Å². The molecule has 1 aromatic rings. The molecule has 1 aromatic carbocycles. The zero-order chi connectivity index (χ0) is 9.42. The molecule has 2 rings (SSSR count). The Morgan fingerprint density at radius 1 is 1.46 bits per heavy atom. The van der Waals surface area contributed by atoms with E-state index in [0.717, 1.165) is 28.8 Å². The maximum absolute atomic E-state index is 6.13. The average molecular weight is 261 g/mol. The molecule has 0 fully saturated rings. The van der Waals surface area contributed by atoms with Crippen molar-refractivity contribution in [3.63, 3.8) is 0 Å². The van der Waals surface area contributed by atoms with Crippen LogP contribution in [-0.2, 0) is 6.42 Å². The Kier molecular flexibility index (Phi) is 2.63. The molecule has 1 aliphatic rings. The van der Waals surface area contributed by atoms with E-state index in [-0.39, 0.29) is 6.04 Å². The Morgan fingerprint density at radius 2 is 2.23 bits per heavy atom. The van der Waals surface area contributed by atoms with E-state index < -0.39 is 0 Å². The molecule has 2 N–H and O–H groups in total. The third kappa shape index (κ3) is 1.76. The summed E-state index contributed by atoms with van der Waals surface area (Å²) < 4.78 is 1.02. The molecule has 0 aromatic heterocycles. The Bertz CT molecular complexity index is 338. The van der Waals surface area contributed by atoms with Crippen molar-refractivity contribution in [2.45, 2.75) is 25.3 Å². The third-order valence-electron chi connectivity index (χ3n) is 2.54. The van der Waals surface area contributed by atoms with Crippen molar-refractivity contribution in [2.75, 3.05) is 0 Å². The molecule has 0 radical (unpaired) electrons. The van der Waals surface area contributed by atoms with E-state index in [0.29, 0.717) is 0 Å². The van der Waals surface area contributed by atoms with E-state index in [9.17, 15) is 0 Å². The number of hydrogen-bond donors (Lipinski definition) is 1. The predicted molar refractivity (Wildman–Crippen MR) is 59.0 cm³/mol. The predicted octanol–water partition coefficient (Wildman–Crippen LogP) is 3.44. The second-order valence-electron chi connectivity index (χ2n) is 3.45. The lowest BCUT2D eigenvalue weighted by Crippen LogP contribution is -2.17. The van der Waals surface area contributed by atoms with Gasteiger partial charge >= 0.3 is 0 Å². The molecule has 0 saturated carbocycles. The Labute approximate surface area is 91.4 Å². The van der Waals surface area contributed by atoms with E-state index in [1.807, 2.05) is 6.07 Å². The molecule has 0 saturated heterocycles. The van der Waals surface area contributed by atoms with Gasteiger partial charge in [-0.05, 0) is 42.5 Å². The maximum Gasteiger partial charge on any atom is 0.0452 e. The van der Waals surface area contributed by atoms with Crippen LogP contribution >= 0.6 is 27.5 Å². The fourth-order valence-corrected chi connectivity index (χ4v) is 2.80. The van der Waals surface area contributed by atoms with Crippen LogP contribution in [0.5, 0.6) is 0 Å². The minimum absolute atomic E-state index is 0.166. The summed E-state index contributed by atoms with van der Waals surface area (Å²) in [6, 6.07) is 4.20. The molecule has 1 aliphatic carbocycles. The monoisotopic (exact) mass is 259 g/mol. The quantitative estimate of drug-likeness (QED) is 0.760. The minimum Gasteiger partial charge on any atom is -0.324 e. The summed E-state index contributed by atoms with van der Waals surface area (Å²) in [5.74, 6) is 0. The van der Waals surface area contributed by atoms with Crippen LogP contribution in [0.3, 0.4) is 0 Å². The summed E-state index contributed by atoms with van der Waals surface area (Å²) >= 11 is 9.56. The van der Waals surface area contributed by atoms with Crippen LogP contribution in [0, 0.1) is 0 Å². The van der Waals surface area contributed by atoms with Crippen LogP contribution in [0.4, 0.5) is 0 Å². The Balaban J connectivity index is 2.56. The van der Waals surface area contributed by atoms with Crippen LogP contribution in [0.25, 0.3) is 0 Å². The van der Waals surface area contributed by atoms with Gasteiger partial charge in [-0.15, -0.1) is 0 Å². The summed E-state index contributed by atoms with van der Waals surface area (Å²) in [4.78, 5) is 0. The molecule has 1 atom stereocenters. The van der Waals surface area contributed by atoms with Crippen molar-refractivity contribution in [1.29, 1.82) is 0 Å². The van der Waals surface area contributed by atoms with Gasteiger partial charge in [0.05, 0.1) is 0 Å². The van der Waals surface area contributed by atoms with Crippen molar-refractivity contribution < 1.29 is 0 Å². The number of halogens is 2. The van der Waals surface area contributed by atoms with Gasteiger partial charge in [0.25, 0.3) is 0 Å². The second-order valence-corrected chi connectivity index (χ2v) is 4.78. The smallest absolute Gasteiger partial charge is 0.0452 e. The topological polar surface area (TPSA) is 26.0 Å². The molecule has 0 spiro atoms. The van der Waals surface area contributed by atoms with Gasteiger partial charge in [0.1, 0.15) is 0 Å². The fraction of sp³-hybridized carbons (Fsp3) is 0.400. The number of benzene rings is 1. The highest BCUT2D eigenvalue weighted by Gasteiger charge is 2.19. The van der Waals surface area contributed by atoms with Gasteiger partial charge < -0.3 is 5.73 Å². The van der Waals surface area contributed by atoms with Crippen LogP contribution in [0.1, 0.15) is 30.0 Å². The largest absolute Gasteiger partial charge is 0.324 e. The van der Waals surface area contributed by atoms with Crippen LogP contribution in [0.2, 0.25) is 5.02 Å². The molecule has 13 heavy (non-hydrogen) atoms. The number of rotatable bonds is 0. The fourth-order valence-electron chi connectivity index (χ4n) is 1.87. The zero-order valence-corrected chi connectivity index (χ0v) is 9.53. The highest BCUT2D eigenvalue weighted by Crippen LogP contribution is 2.35. The first-order valence-corrected chi connectivity index (χ1v) is 5.59. The molecule has 0 amide bonds. The van der Waals surface area contributed by atoms with E-state index in [1.54, 1.807) is 0 Å². The second kappa shape index (κ2) is 3.60. The summed E-state index contributed by atoms with van der Waals surface area (Å²) in [6.45, 7) is 0. The van der Waals surface area contributed by atoms with Crippen LogP contribution < -0.4 is 5.73 Å². The van der Waals surface area contributed by atoms with Crippen molar-refractivity contribution in [3.8, 4) is 0 Å². The van der Waals surface area contributed by atoms with Crippen molar-refractivity contribution >= 4 is 27.5 Å². The zero-order valence-electron chi connectivity index (χ0n) is 7.19. The van der Waals surface area contributed by atoms with Crippen LogP contribution in [0.15, 0.2) is 16.6 Å². The van der Waals surface area contributed by atoms with E-state index in [1.165, 1.54) is 11.1 Å². The van der Waals surface area contributed by atoms with E-state index in [4.69, 9.17) is 17.3 Å². The molecular weight excluding hydrogens is 249 g/mol. The molecule has 3 heteroatoms. The Morgan fingerprint density at radius 3 is 3.00 bits per heavy atom. The summed E-state index contributed by atoms with van der Waals surface area (Å²) in [5, 5.41) is 0.847. The van der Waals surface area contributed by atoms with Crippen molar-refractivity contribution in [1.82, 2.24) is 0 Å². The molecule has 0 aliphatic heterocycles. The molecule has 70 valence electrons. The first kappa shape index (κ1) is 9.50. The van der Waals surface area contributed by atoms with Gasteiger partial charge in [0.2, 0.25) is 0 Å². The normalized spacial score (nSPS) is 21.3. The highest BCUT2D eigenvalue weighted by atomic mass is 79.9. The van der Waals surface area contributed by atoms with Gasteiger partial charge in [0.15, 0.2) is 0 Å². The Hall–Kier alpha value is -0.0500. The highest BCUT2D eigenvalue weighted by molar-refractivity contribution is 9.10. The first-order chi connectivity index (χ1) is 6.18. The maximum atomic E-state index is 6.13. The molecule has 0 heterocycles. The lowest BCUT2D eigenvalue weighted by atomic mass is 9.88. The van der Waals surface area contributed by atoms with Gasteiger partial charge in [0, 0.05) is 15.5 Å². The van der Waals surface area contributed by atoms with Gasteiger partial charge in [-0.2, -0.15) is 0 Å². The van der Waals surface area contributed by atoms with Gasteiger partial charge in [-0.25, -0.2) is 0 Å². The molecule has 0 bridgehead atoms. The molecule has 1 unspecified atom stereocenters.